The van der Waals surface area contributed by atoms with Crippen LogP contribution in [0, 0.1) is 17.2 Å². The second kappa shape index (κ2) is 9.04. The molecule has 170 valence electrons. The van der Waals surface area contributed by atoms with Crippen LogP contribution in [0.2, 0.25) is 0 Å². The molecule has 1 fully saturated rings. The number of β-amino-alcohol motifs (C(OH)–C–C–N with tert-alkyl or cyclic N) is 1. The molecule has 2 unspecified atom stereocenters. The number of likely N-dealkylation sites (tertiary alicyclic amines) is 1. The van der Waals surface area contributed by atoms with Crippen molar-refractivity contribution in [3.05, 3.63) is 64.2 Å². The molecule has 5 N–H and O–H groups in total. The van der Waals surface area contributed by atoms with Crippen molar-refractivity contribution >= 4 is 17.6 Å². The van der Waals surface area contributed by atoms with Gasteiger partial charge in [-0.05, 0) is 66.6 Å². The van der Waals surface area contributed by atoms with Gasteiger partial charge in [0, 0.05) is 18.5 Å². The van der Waals surface area contributed by atoms with Gasteiger partial charge < -0.3 is 20.5 Å². The zero-order valence-corrected chi connectivity index (χ0v) is 18.8. The van der Waals surface area contributed by atoms with Crippen LogP contribution in [0.15, 0.2) is 41.4 Å². The minimum atomic E-state index is -0.0647. The predicted octanol–water partition coefficient (Wildman–Crippen LogP) is 0.695. The van der Waals surface area contributed by atoms with Crippen molar-refractivity contribution in [1.82, 2.24) is 4.90 Å². The Balaban J connectivity index is 1.63. The van der Waals surface area contributed by atoms with E-state index in [-0.39, 0.29) is 42.2 Å². The molecule has 8 nitrogen and oxygen atoms in total. The highest BCUT2D eigenvalue weighted by Crippen LogP contribution is 2.47. The topological polar surface area (TPSA) is 138 Å². The molecule has 0 aromatic heterocycles. The number of rotatable bonds is 6. The second-order valence-electron chi connectivity index (χ2n) is 8.67. The van der Waals surface area contributed by atoms with Gasteiger partial charge in [-0.3, -0.25) is 10.2 Å². The summed E-state index contributed by atoms with van der Waals surface area (Å²) in [5.74, 6) is 1.22. The third-order valence-corrected chi connectivity index (χ3v) is 6.15. The average Bonchev–Trinajstić information content (AvgIpc) is 3.28. The summed E-state index contributed by atoms with van der Waals surface area (Å²) in [4.78, 5) is 18.6. The summed E-state index contributed by atoms with van der Waals surface area (Å²) in [5.41, 5.74) is 10.2. The smallest absolute Gasteiger partial charge is 0.324 e. The lowest BCUT2D eigenvalue weighted by Gasteiger charge is -2.24. The molecule has 1 saturated heterocycles. The van der Waals surface area contributed by atoms with Crippen LogP contribution in [0.5, 0.6) is 5.75 Å². The van der Waals surface area contributed by atoms with Crippen LogP contribution in [0.25, 0.3) is 0 Å². The maximum atomic E-state index is 12.4. The molecule has 0 saturated carbocycles. The molecule has 8 heteroatoms. The Bertz CT molecular complexity index is 1180. The molecule has 4 rings (SSSR count). The van der Waals surface area contributed by atoms with E-state index in [0.717, 1.165) is 23.1 Å². The lowest BCUT2D eigenvalue weighted by atomic mass is 10.0. The number of carbonyl (C=O) groups excluding carboxylic acids is 1. The Hall–Kier alpha value is -3.70. The monoisotopic (exact) mass is 446 g/mol. The van der Waals surface area contributed by atoms with Crippen LogP contribution < -0.4 is 15.9 Å². The highest BCUT2D eigenvalue weighted by atomic mass is 16.5. The van der Waals surface area contributed by atoms with Gasteiger partial charge >= 0.3 is 5.84 Å². The minimum Gasteiger partial charge on any atom is -0.490 e. The van der Waals surface area contributed by atoms with Gasteiger partial charge in [0.05, 0.1) is 29.9 Å². The lowest BCUT2D eigenvalue weighted by Crippen LogP contribution is -2.40. The predicted molar refractivity (Wildman–Crippen MR) is 123 cm³/mol. The highest BCUT2D eigenvalue weighted by Gasteiger charge is 2.46. The molecule has 1 amide bonds. The number of aliphatic imine (C=N–C) groups is 1. The number of carbonyl (C=O) groups is 1. The molecular formula is C25H28N5O3+. The van der Waals surface area contributed by atoms with Gasteiger partial charge in [0.1, 0.15) is 11.8 Å². The van der Waals surface area contributed by atoms with Crippen molar-refractivity contribution in [2.75, 3.05) is 13.2 Å². The molecule has 1 aliphatic carbocycles. The molecule has 0 radical (unpaired) electrons. The summed E-state index contributed by atoms with van der Waals surface area (Å²) in [5, 5.41) is 25.1. The van der Waals surface area contributed by atoms with Crippen molar-refractivity contribution in [3.63, 3.8) is 0 Å². The Kier molecular flexibility index (Phi) is 6.16. The van der Waals surface area contributed by atoms with Crippen LogP contribution >= 0.6 is 0 Å². The maximum absolute atomic E-state index is 12.4. The number of nitrogens with zero attached hydrogens (tertiary/aromatic N) is 3. The van der Waals surface area contributed by atoms with Crippen molar-refractivity contribution < 1.29 is 20.0 Å². The average molecular weight is 447 g/mol. The zero-order chi connectivity index (χ0) is 23.7. The summed E-state index contributed by atoms with van der Waals surface area (Å²) in [7, 11) is 0. The molecule has 0 bridgehead atoms. The first-order valence-corrected chi connectivity index (χ1v) is 11.0. The first kappa shape index (κ1) is 22.5. The van der Waals surface area contributed by atoms with E-state index in [0.29, 0.717) is 29.8 Å². The van der Waals surface area contributed by atoms with E-state index >= 15 is 0 Å². The number of benzene rings is 2. The van der Waals surface area contributed by atoms with Gasteiger partial charge in [-0.15, -0.1) is 0 Å². The molecule has 2 aromatic carbocycles. The molecule has 33 heavy (non-hydrogen) atoms. The van der Waals surface area contributed by atoms with Crippen LogP contribution in [-0.4, -0.2) is 46.8 Å². The Morgan fingerprint density at radius 1 is 1.36 bits per heavy atom. The van der Waals surface area contributed by atoms with Crippen LogP contribution in [0.1, 0.15) is 54.1 Å². The number of nitriles is 1. The van der Waals surface area contributed by atoms with Gasteiger partial charge in [0.25, 0.3) is 0 Å². The third-order valence-electron chi connectivity index (χ3n) is 6.15. The first-order valence-electron chi connectivity index (χ1n) is 11.0. The summed E-state index contributed by atoms with van der Waals surface area (Å²) in [6, 6.07) is 13.0. The van der Waals surface area contributed by atoms with Gasteiger partial charge in [-0.1, -0.05) is 12.1 Å². The number of amidine groups is 2. The van der Waals surface area contributed by atoms with Crippen LogP contribution in [-0.2, 0) is 11.2 Å². The quantitative estimate of drug-likeness (QED) is 0.443. The van der Waals surface area contributed by atoms with Gasteiger partial charge in [0.15, 0.2) is 0 Å². The largest absolute Gasteiger partial charge is 0.490 e. The molecule has 0 spiro atoms. The number of nitrogens with two attached hydrogens (primary N) is 2. The van der Waals surface area contributed by atoms with E-state index in [4.69, 9.17) is 15.9 Å². The first-order chi connectivity index (χ1) is 15.8. The summed E-state index contributed by atoms with van der Waals surface area (Å²) in [6.07, 6.45) is 1.13. The normalized spacial score (nSPS) is 19.4. The summed E-state index contributed by atoms with van der Waals surface area (Å²) >= 11 is 0. The van der Waals surface area contributed by atoms with E-state index in [1.807, 2.05) is 32.0 Å². The van der Waals surface area contributed by atoms with Gasteiger partial charge in [-0.25, -0.2) is 0 Å². The van der Waals surface area contributed by atoms with Gasteiger partial charge in [-0.2, -0.15) is 5.26 Å². The SMILES string of the molecule is CC(C)Oc1ccc(C(=[NH2+])N=C(N)c2cccc3c2CC2CC(=O)N(CCO)C32)cc1C#N. The van der Waals surface area contributed by atoms with Crippen LogP contribution in [0.4, 0.5) is 0 Å². The van der Waals surface area contributed by atoms with Gasteiger partial charge in [0.2, 0.25) is 11.7 Å². The number of amides is 1. The Labute approximate surface area is 192 Å². The Morgan fingerprint density at radius 3 is 2.85 bits per heavy atom. The fraction of sp³-hybridized carbons (Fsp3) is 0.360. The fourth-order valence-electron chi connectivity index (χ4n) is 4.84. The van der Waals surface area contributed by atoms with E-state index in [1.165, 1.54) is 0 Å². The number of aliphatic hydroxyl groups excluding tert-OH is 1. The number of hydrogen-bond donors (Lipinski definition) is 3. The minimum absolute atomic E-state index is 0.0413. The third kappa shape index (κ3) is 4.20. The van der Waals surface area contributed by atoms with E-state index in [1.54, 1.807) is 23.1 Å². The highest BCUT2D eigenvalue weighted by molar-refractivity contribution is 6.09. The fourth-order valence-corrected chi connectivity index (χ4v) is 4.84. The number of aliphatic hydroxyl groups is 1. The number of fused-ring (bicyclic) bond motifs is 3. The van der Waals surface area contributed by atoms with Crippen molar-refractivity contribution in [2.45, 2.75) is 38.8 Å². The van der Waals surface area contributed by atoms with Crippen LogP contribution in [0.3, 0.4) is 0 Å². The lowest BCUT2D eigenvalue weighted by molar-refractivity contribution is -0.129. The zero-order valence-electron chi connectivity index (χ0n) is 18.8. The van der Waals surface area contributed by atoms with E-state index < -0.39 is 0 Å². The number of ether oxygens (including phenoxy) is 1. The number of hydrogen-bond acceptors (Lipinski definition) is 4. The van der Waals surface area contributed by atoms with E-state index in [9.17, 15) is 15.2 Å². The molecular weight excluding hydrogens is 418 g/mol. The van der Waals surface area contributed by atoms with Crippen molar-refractivity contribution in [3.8, 4) is 11.8 Å². The van der Waals surface area contributed by atoms with Crippen molar-refractivity contribution in [1.29, 1.82) is 5.26 Å². The molecule has 2 aromatic rings. The molecule has 1 aliphatic heterocycles. The molecule has 2 atom stereocenters. The summed E-state index contributed by atoms with van der Waals surface area (Å²) in [6.45, 7) is 4.05. The van der Waals surface area contributed by atoms with E-state index in [2.05, 4.69) is 11.1 Å². The molecule has 2 aliphatic rings. The molecule has 1 heterocycles. The standard InChI is InChI=1S/C25H27N5O3/c1-14(2)33-21-7-6-15(10-17(21)13-26)24(27)29-25(28)19-5-3-4-18-20(19)11-16-12-22(32)30(8-9-31)23(16)18/h3-7,10,14,16,23,31H,8-9,11-12H2,1-2H3,(H3,27,28,29)/p+1. The summed E-state index contributed by atoms with van der Waals surface area (Å²) < 4.78 is 5.66. The maximum Gasteiger partial charge on any atom is 0.324 e. The second-order valence-corrected chi connectivity index (χ2v) is 8.67. The Morgan fingerprint density at radius 2 is 2.15 bits per heavy atom. The van der Waals surface area contributed by atoms with Crippen molar-refractivity contribution in [2.24, 2.45) is 16.6 Å².